The van der Waals surface area contributed by atoms with Crippen LogP contribution in [0.1, 0.15) is 35.6 Å². The van der Waals surface area contributed by atoms with E-state index in [1.165, 1.54) is 17.0 Å². The Labute approximate surface area is 275 Å². The van der Waals surface area contributed by atoms with E-state index in [2.05, 4.69) is 5.32 Å². The first-order valence-electron chi connectivity index (χ1n) is 14.7. The van der Waals surface area contributed by atoms with Gasteiger partial charge in [-0.05, 0) is 67.3 Å². The third-order valence-corrected chi connectivity index (χ3v) is 9.90. The van der Waals surface area contributed by atoms with E-state index in [4.69, 9.17) is 23.2 Å². The first-order valence-corrected chi connectivity index (χ1v) is 16.9. The van der Waals surface area contributed by atoms with E-state index >= 15 is 0 Å². The fourth-order valence-electron chi connectivity index (χ4n) is 5.07. The van der Waals surface area contributed by atoms with Gasteiger partial charge < -0.3 is 10.2 Å². The van der Waals surface area contributed by atoms with Gasteiger partial charge in [0.25, 0.3) is 10.0 Å². The van der Waals surface area contributed by atoms with E-state index < -0.39 is 28.5 Å². The zero-order valence-corrected chi connectivity index (χ0v) is 27.9. The summed E-state index contributed by atoms with van der Waals surface area (Å²) in [5, 5.41) is 3.60. The highest BCUT2D eigenvalue weighted by Crippen LogP contribution is 2.29. The number of carbonyl (C=O) groups is 2. The number of anilines is 1. The Kier molecular flexibility index (Phi) is 11.7. The summed E-state index contributed by atoms with van der Waals surface area (Å²) in [6.07, 6.45) is 0.929. The van der Waals surface area contributed by atoms with Crippen molar-refractivity contribution < 1.29 is 18.0 Å². The van der Waals surface area contributed by atoms with E-state index in [1.54, 1.807) is 42.5 Å². The molecular formula is C35H37Cl2N3O4S. The highest BCUT2D eigenvalue weighted by molar-refractivity contribution is 7.92. The molecule has 0 radical (unpaired) electrons. The van der Waals surface area contributed by atoms with Crippen molar-refractivity contribution in [3.8, 4) is 0 Å². The monoisotopic (exact) mass is 665 g/mol. The van der Waals surface area contributed by atoms with Crippen LogP contribution in [0.3, 0.4) is 0 Å². The molecule has 4 rings (SSSR count). The van der Waals surface area contributed by atoms with Crippen molar-refractivity contribution >= 4 is 50.7 Å². The predicted octanol–water partition coefficient (Wildman–Crippen LogP) is 6.97. The van der Waals surface area contributed by atoms with Crippen LogP contribution in [0.25, 0.3) is 0 Å². The second-order valence-corrected chi connectivity index (χ2v) is 13.6. The van der Waals surface area contributed by atoms with E-state index in [9.17, 15) is 18.0 Å². The molecular weight excluding hydrogens is 629 g/mol. The SMILES string of the molecule is CCCNC(=O)[C@@H](Cc1ccccc1)N(Cc1ccc(Cl)c(Cl)c1)C(=O)CN(c1ccc(C)cc1C)S(=O)(=O)c1ccccc1. The lowest BCUT2D eigenvalue weighted by Gasteiger charge is -2.34. The molecule has 0 fully saturated rings. The van der Waals surface area contributed by atoms with Crippen molar-refractivity contribution in [2.45, 2.75) is 51.1 Å². The van der Waals surface area contributed by atoms with Crippen LogP contribution in [0.15, 0.2) is 102 Å². The first-order chi connectivity index (χ1) is 21.5. The number of hydrogen-bond donors (Lipinski definition) is 1. The predicted molar refractivity (Wildman–Crippen MR) is 181 cm³/mol. The molecule has 0 bridgehead atoms. The van der Waals surface area contributed by atoms with Crippen LogP contribution in [0.4, 0.5) is 5.69 Å². The zero-order valence-electron chi connectivity index (χ0n) is 25.5. The summed E-state index contributed by atoms with van der Waals surface area (Å²) in [6.45, 7) is 5.56. The molecule has 0 heterocycles. The van der Waals surface area contributed by atoms with Gasteiger partial charge in [-0.25, -0.2) is 8.42 Å². The number of nitrogens with one attached hydrogen (secondary N) is 1. The maximum absolute atomic E-state index is 14.5. The van der Waals surface area contributed by atoms with Crippen molar-refractivity contribution in [2.24, 2.45) is 0 Å². The third kappa shape index (κ3) is 8.66. The van der Waals surface area contributed by atoms with Gasteiger partial charge in [-0.2, -0.15) is 0 Å². The van der Waals surface area contributed by atoms with Gasteiger partial charge in [0.05, 0.1) is 20.6 Å². The first kappa shape index (κ1) is 34.0. The van der Waals surface area contributed by atoms with Gasteiger partial charge >= 0.3 is 0 Å². The van der Waals surface area contributed by atoms with Crippen LogP contribution in [0.5, 0.6) is 0 Å². The highest BCUT2D eigenvalue weighted by Gasteiger charge is 2.35. The van der Waals surface area contributed by atoms with Crippen LogP contribution in [0, 0.1) is 13.8 Å². The molecule has 2 amide bonds. The van der Waals surface area contributed by atoms with Crippen molar-refractivity contribution in [3.63, 3.8) is 0 Å². The molecule has 0 spiro atoms. The molecule has 4 aromatic carbocycles. The topological polar surface area (TPSA) is 86.8 Å². The summed E-state index contributed by atoms with van der Waals surface area (Å²) in [6, 6.07) is 26.9. The minimum Gasteiger partial charge on any atom is -0.354 e. The lowest BCUT2D eigenvalue weighted by molar-refractivity contribution is -0.140. The van der Waals surface area contributed by atoms with Crippen molar-refractivity contribution in [3.05, 3.63) is 129 Å². The Hall–Kier alpha value is -3.85. The molecule has 1 N–H and O–H groups in total. The highest BCUT2D eigenvalue weighted by atomic mass is 35.5. The number of nitrogens with zero attached hydrogens (tertiary/aromatic N) is 2. The third-order valence-electron chi connectivity index (χ3n) is 7.39. The number of sulfonamides is 1. The second kappa shape index (κ2) is 15.4. The van der Waals surface area contributed by atoms with E-state index in [1.807, 2.05) is 63.2 Å². The van der Waals surface area contributed by atoms with Gasteiger partial charge in [0.1, 0.15) is 12.6 Å². The van der Waals surface area contributed by atoms with Crippen LogP contribution >= 0.6 is 23.2 Å². The summed E-state index contributed by atoms with van der Waals surface area (Å²) in [4.78, 5) is 29.8. The summed E-state index contributed by atoms with van der Waals surface area (Å²) < 4.78 is 29.4. The molecule has 4 aromatic rings. The molecule has 0 aliphatic carbocycles. The normalized spacial score (nSPS) is 11.9. The average molecular weight is 667 g/mol. The Balaban J connectivity index is 1.82. The smallest absolute Gasteiger partial charge is 0.264 e. The van der Waals surface area contributed by atoms with Crippen molar-refractivity contribution in [1.82, 2.24) is 10.2 Å². The van der Waals surface area contributed by atoms with Crippen LogP contribution in [0.2, 0.25) is 10.0 Å². The number of amides is 2. The van der Waals surface area contributed by atoms with Gasteiger partial charge in [-0.3, -0.25) is 13.9 Å². The second-order valence-electron chi connectivity index (χ2n) is 10.9. The summed E-state index contributed by atoms with van der Waals surface area (Å²) >= 11 is 12.5. The average Bonchev–Trinajstić information content (AvgIpc) is 3.03. The number of carbonyl (C=O) groups excluding carboxylic acids is 2. The van der Waals surface area contributed by atoms with Gasteiger partial charge in [0, 0.05) is 19.5 Å². The molecule has 10 heteroatoms. The Morgan fingerprint density at radius 2 is 1.49 bits per heavy atom. The lowest BCUT2D eigenvalue weighted by atomic mass is 10.0. The zero-order chi connectivity index (χ0) is 32.6. The van der Waals surface area contributed by atoms with Crippen LogP contribution in [-0.4, -0.2) is 44.3 Å². The fourth-order valence-corrected chi connectivity index (χ4v) is 6.89. The molecule has 236 valence electrons. The van der Waals surface area contributed by atoms with Crippen LogP contribution < -0.4 is 9.62 Å². The summed E-state index contributed by atoms with van der Waals surface area (Å²) in [7, 11) is -4.18. The lowest BCUT2D eigenvalue weighted by Crippen LogP contribution is -2.53. The molecule has 1 atom stereocenters. The molecule has 0 saturated carbocycles. The van der Waals surface area contributed by atoms with Gasteiger partial charge in [0.15, 0.2) is 0 Å². The summed E-state index contributed by atoms with van der Waals surface area (Å²) in [5.41, 5.74) is 3.52. The minimum atomic E-state index is -4.18. The maximum Gasteiger partial charge on any atom is 0.264 e. The molecule has 45 heavy (non-hydrogen) atoms. The minimum absolute atomic E-state index is 0.00112. The Morgan fingerprint density at radius 3 is 2.11 bits per heavy atom. The molecule has 0 aliphatic heterocycles. The summed E-state index contributed by atoms with van der Waals surface area (Å²) in [5.74, 6) is -0.883. The quantitative estimate of drug-likeness (QED) is 0.167. The largest absolute Gasteiger partial charge is 0.354 e. The van der Waals surface area contributed by atoms with Gasteiger partial charge in [-0.15, -0.1) is 0 Å². The van der Waals surface area contributed by atoms with E-state index in [0.717, 1.165) is 15.4 Å². The molecule has 0 aromatic heterocycles. The van der Waals surface area contributed by atoms with E-state index in [0.29, 0.717) is 39.8 Å². The number of benzene rings is 4. The molecule has 7 nitrogen and oxygen atoms in total. The van der Waals surface area contributed by atoms with Crippen LogP contribution in [-0.2, 0) is 32.6 Å². The Bertz CT molecular complexity index is 1730. The standard InChI is InChI=1S/C35H37Cl2N3O4S/c1-4-19-38-35(42)33(22-27-11-7-5-8-12-27)39(23-28-16-17-30(36)31(37)21-28)34(41)24-40(32-18-15-25(2)20-26(32)3)45(43,44)29-13-9-6-10-14-29/h5-18,20-21,33H,4,19,22-24H2,1-3H3,(H,38,42)/t33-/m1/s1. The van der Waals surface area contributed by atoms with Gasteiger partial charge in [0.2, 0.25) is 11.8 Å². The molecule has 0 aliphatic rings. The Morgan fingerprint density at radius 1 is 0.822 bits per heavy atom. The molecule has 0 unspecified atom stereocenters. The number of rotatable bonds is 13. The number of aryl methyl sites for hydroxylation is 2. The molecule has 0 saturated heterocycles. The van der Waals surface area contributed by atoms with Crippen molar-refractivity contribution in [1.29, 1.82) is 0 Å². The van der Waals surface area contributed by atoms with E-state index in [-0.39, 0.29) is 23.8 Å². The number of hydrogen-bond acceptors (Lipinski definition) is 4. The fraction of sp³-hybridized carbons (Fsp3) is 0.257. The number of halogens is 2. The maximum atomic E-state index is 14.5. The van der Waals surface area contributed by atoms with Gasteiger partial charge in [-0.1, -0.05) is 102 Å². The van der Waals surface area contributed by atoms with Crippen molar-refractivity contribution in [2.75, 3.05) is 17.4 Å².